The van der Waals surface area contributed by atoms with Gasteiger partial charge in [0.25, 0.3) is 0 Å². The molecule has 6 nitrogen and oxygen atoms in total. The van der Waals surface area contributed by atoms with Crippen LogP contribution in [0.25, 0.3) is 0 Å². The Morgan fingerprint density at radius 2 is 2.36 bits per heavy atom. The molecule has 6 atom stereocenters. The Hall–Kier alpha value is -0.760. The Bertz CT molecular complexity index is 1020. The monoisotopic (exact) mass is 364 g/mol. The van der Waals surface area contributed by atoms with E-state index in [1.165, 1.54) is 0 Å². The number of rotatable bonds is 2. The Morgan fingerprint density at radius 1 is 1.48 bits per heavy atom. The van der Waals surface area contributed by atoms with Crippen LogP contribution in [0, 0.1) is 5.89 Å². The average Bonchev–Trinajstić information content (AvgIpc) is 2.90. The molecule has 25 heavy (non-hydrogen) atoms. The Labute approximate surface area is 165 Å². The first-order valence-corrected chi connectivity index (χ1v) is 8.68. The Morgan fingerprint density at radius 3 is 3.16 bits per heavy atom. The van der Waals surface area contributed by atoms with Crippen LogP contribution < -0.4 is 15.9 Å². The van der Waals surface area contributed by atoms with Crippen LogP contribution in [0.4, 0.5) is 4.39 Å². The van der Waals surface area contributed by atoms with Crippen LogP contribution in [0.3, 0.4) is 0 Å². The maximum absolute atomic E-state index is 15.9. The van der Waals surface area contributed by atoms with Crippen molar-refractivity contribution in [3.8, 4) is 0 Å². The summed E-state index contributed by atoms with van der Waals surface area (Å²) >= 11 is 0. The van der Waals surface area contributed by atoms with E-state index in [-0.39, 0.29) is 17.2 Å². The molecule has 0 bridgehead atoms. The molecule has 5 fully saturated rings. The third-order valence-electron chi connectivity index (χ3n) is 5.57. The van der Waals surface area contributed by atoms with Gasteiger partial charge >= 0.3 is 0 Å². The van der Waals surface area contributed by atoms with Gasteiger partial charge in [0.1, 0.15) is 13.8 Å². The summed E-state index contributed by atoms with van der Waals surface area (Å²) in [5.74, 6) is -5.58. The molecule has 2 saturated carbocycles. The van der Waals surface area contributed by atoms with E-state index < -0.39 is 73.7 Å². The number of halogens is 1. The molecule has 3 heterocycles. The lowest BCUT2D eigenvalue weighted by Crippen LogP contribution is -2.58. The largest absolute Gasteiger partial charge is 0.375 e. The van der Waals surface area contributed by atoms with Gasteiger partial charge in [0.05, 0.1) is 17.0 Å². The van der Waals surface area contributed by atoms with Gasteiger partial charge < -0.3 is 10.0 Å². The molecule has 140 valence electrons. The maximum atomic E-state index is 15.9. The Kier molecular flexibility index (Phi) is 1.99. The number of hydrogen-bond donors (Lipinski definition) is 3. The molecule has 3 N–H and O–H groups in total. The summed E-state index contributed by atoms with van der Waals surface area (Å²) in [5, 5.41) is 2.45. The van der Waals surface area contributed by atoms with E-state index in [1.54, 1.807) is 0 Å². The van der Waals surface area contributed by atoms with E-state index in [0.29, 0.717) is 17.7 Å². The van der Waals surface area contributed by atoms with Crippen LogP contribution in [-0.4, -0.2) is 66.6 Å². The van der Waals surface area contributed by atoms with Crippen molar-refractivity contribution in [2.75, 3.05) is 19.6 Å². The van der Waals surface area contributed by atoms with Crippen LogP contribution >= 0.6 is 0 Å². The molecular weight excluding hydrogens is 323 g/mol. The Balaban J connectivity index is 1.71. The number of nitrogens with zero attached hydrogens (tertiary/aromatic N) is 1. The van der Waals surface area contributed by atoms with Crippen LogP contribution in [0.5, 0.6) is 0 Å². The summed E-state index contributed by atoms with van der Waals surface area (Å²) in [7, 11) is 0. The summed E-state index contributed by atoms with van der Waals surface area (Å²) in [6.07, 6.45) is -12.0. The van der Waals surface area contributed by atoms with Crippen LogP contribution in [0.15, 0.2) is 0 Å². The summed E-state index contributed by atoms with van der Waals surface area (Å²) < 4.78 is 124. The summed E-state index contributed by atoms with van der Waals surface area (Å²) in [6.45, 7) is -3.80. The number of carbonyl (C=O) groups is 1. The van der Waals surface area contributed by atoms with Gasteiger partial charge in [-0.05, 0) is 44.8 Å². The van der Waals surface area contributed by atoms with Crippen molar-refractivity contribution in [2.24, 2.45) is 5.89 Å². The van der Waals surface area contributed by atoms with Gasteiger partial charge in [-0.15, -0.1) is 0 Å². The smallest absolute Gasteiger partial charge is 0.224 e. The second-order valence-corrected chi connectivity index (χ2v) is 7.12. The second-order valence-electron chi connectivity index (χ2n) is 7.12. The van der Waals surface area contributed by atoms with Gasteiger partial charge in [0, 0.05) is 46.0 Å². The fourth-order valence-electron chi connectivity index (χ4n) is 4.18. The molecule has 0 aromatic rings. The predicted molar refractivity (Wildman–Crippen MR) is 90.5 cm³/mol. The zero-order valence-electron chi connectivity index (χ0n) is 25.6. The summed E-state index contributed by atoms with van der Waals surface area (Å²) in [4.78, 5) is 14.0. The van der Waals surface area contributed by atoms with Crippen molar-refractivity contribution in [2.45, 2.75) is 81.0 Å². The molecule has 6 unspecified atom stereocenters. The average molecular weight is 365 g/mol. The lowest BCUT2D eigenvalue weighted by atomic mass is 9.74. The first kappa shape index (κ1) is 8.09. The highest BCUT2D eigenvalue weighted by Gasteiger charge is 2.53. The predicted octanol–water partition coefficient (Wildman–Crippen LogP) is 0.482. The first-order valence-electron chi connectivity index (χ1n) is 14.6. The first-order chi connectivity index (χ1) is 16.7. The van der Waals surface area contributed by atoms with Crippen molar-refractivity contribution < 1.29 is 30.5 Å². The zero-order valence-corrected chi connectivity index (χ0v) is 13.6. The minimum absolute atomic E-state index is 0.0159. The van der Waals surface area contributed by atoms with Crippen molar-refractivity contribution in [1.82, 2.24) is 20.8 Å². The van der Waals surface area contributed by atoms with Gasteiger partial charge in [0.15, 0.2) is 1.41 Å². The molecule has 3 saturated heterocycles. The van der Waals surface area contributed by atoms with E-state index in [2.05, 4.69) is 5.32 Å². The van der Waals surface area contributed by atoms with Gasteiger partial charge in [-0.25, -0.2) is 4.39 Å². The maximum Gasteiger partial charge on any atom is 0.224 e. The van der Waals surface area contributed by atoms with E-state index >= 15 is 4.39 Å². The number of carbonyl (C=O) groups excluding carboxylic acids is 1. The number of nitrogens with one attached hydrogen (secondary N) is 3. The zero-order chi connectivity index (χ0) is 27.8. The van der Waals surface area contributed by atoms with Gasteiger partial charge in [-0.3, -0.25) is 20.3 Å². The normalized spacial score (nSPS) is 72.2. The number of amides is 1. The van der Waals surface area contributed by atoms with Crippen molar-refractivity contribution in [3.63, 3.8) is 0 Å². The molecular formula is C18H29FN4O2. The fraction of sp³-hybridized carbons (Fsp3) is 0.944. The number of ether oxygens (including phenoxy) is 1. The third kappa shape index (κ3) is 2.80. The quantitative estimate of drug-likeness (QED) is 0.665. The standard InChI is InChI=1S/C18H29FN4O2/c19-11-8-13-15-14(9-11)22-17(23(15)6-5-20-16(13)24)21-12-2-7-25-18(10-12)3-1-4-18/h11-15,17,21-22H,1-10H2,(H,20,24)/i5D2,8D2,9D2,11D,13D,14D,17D/hD2. The minimum atomic E-state index is -4.47. The molecule has 5 rings (SSSR count). The molecule has 0 aromatic carbocycles. The lowest BCUT2D eigenvalue weighted by molar-refractivity contribution is -0.138. The van der Waals surface area contributed by atoms with E-state index in [9.17, 15) is 6.17 Å². The van der Waals surface area contributed by atoms with Crippen LogP contribution in [0.1, 0.15) is 58.6 Å². The minimum Gasteiger partial charge on any atom is -0.375 e. The highest BCUT2D eigenvalue weighted by atomic mass is 19.1. The summed E-state index contributed by atoms with van der Waals surface area (Å²) in [5.41, 5.74) is -0.467. The third-order valence-corrected chi connectivity index (χ3v) is 5.57. The highest BCUT2D eigenvalue weighted by molar-refractivity contribution is 5.80. The SMILES string of the molecule is [2H]N1C(=O)C2([2H])C3N(CC1([2H])[2H])C([2H])(NC1CCOC4(CCC4)C1)N([2H])C3([2H])C([2H])([2H])C([2H])(F)C2([2H])[2H]. The summed E-state index contributed by atoms with van der Waals surface area (Å²) in [6, 6.07) is -6.44. The molecule has 1 spiro atoms. The van der Waals surface area contributed by atoms with Crippen LogP contribution in [-0.2, 0) is 9.53 Å². The second kappa shape index (κ2) is 6.15. The topological polar surface area (TPSA) is 65.6 Å². The highest BCUT2D eigenvalue weighted by Crippen LogP contribution is 2.43. The van der Waals surface area contributed by atoms with Gasteiger partial charge in [0.2, 0.25) is 5.91 Å². The fourth-order valence-corrected chi connectivity index (χ4v) is 4.18. The van der Waals surface area contributed by atoms with Crippen molar-refractivity contribution in [3.05, 3.63) is 0 Å². The molecule has 5 aliphatic rings. The molecule has 0 radical (unpaired) electrons. The van der Waals surface area contributed by atoms with Crippen molar-refractivity contribution in [1.29, 1.82) is 0 Å². The molecule has 2 aliphatic carbocycles. The number of hydrogen-bond acceptors (Lipinski definition) is 5. The van der Waals surface area contributed by atoms with E-state index in [0.717, 1.165) is 19.3 Å². The van der Waals surface area contributed by atoms with Crippen molar-refractivity contribution >= 4 is 5.91 Å². The van der Waals surface area contributed by atoms with Crippen LogP contribution in [0.2, 0.25) is 2.82 Å². The molecule has 3 aliphatic heterocycles. The van der Waals surface area contributed by atoms with Gasteiger partial charge in [-0.2, -0.15) is 0 Å². The van der Waals surface area contributed by atoms with E-state index in [4.69, 9.17) is 19.9 Å². The van der Waals surface area contributed by atoms with E-state index in [1.807, 2.05) is 0 Å². The molecule has 1 amide bonds. The number of alkyl halides is 1. The molecule has 7 heteroatoms. The molecule has 0 aromatic heterocycles. The lowest BCUT2D eigenvalue weighted by Gasteiger charge is -2.48. The van der Waals surface area contributed by atoms with Gasteiger partial charge in [-0.1, -0.05) is 0 Å².